The predicted octanol–water partition coefficient (Wildman–Crippen LogP) is -0.636. The van der Waals surface area contributed by atoms with Crippen LogP contribution in [0.15, 0.2) is 48.6 Å². The minimum Gasteiger partial charge on any atom is -0.388 e. The maximum atomic E-state index is 13.0. The number of hydrogen-bond acceptors (Lipinski definition) is 9. The fourth-order valence-electron chi connectivity index (χ4n) is 5.29. The van der Waals surface area contributed by atoms with Crippen molar-refractivity contribution in [3.8, 4) is 0 Å². The lowest BCUT2D eigenvalue weighted by Gasteiger charge is -2.41. The van der Waals surface area contributed by atoms with Gasteiger partial charge in [0.25, 0.3) is 22.2 Å². The van der Waals surface area contributed by atoms with E-state index in [1.54, 1.807) is 24.3 Å². The largest absolute Gasteiger partial charge is 0.388 e. The highest BCUT2D eigenvalue weighted by molar-refractivity contribution is 6.31. The van der Waals surface area contributed by atoms with Gasteiger partial charge >= 0.3 is 0 Å². The zero-order valence-corrected chi connectivity index (χ0v) is 18.1. The third-order valence-corrected chi connectivity index (χ3v) is 6.78. The molecule has 4 heterocycles. The van der Waals surface area contributed by atoms with Gasteiger partial charge in [0, 0.05) is 15.7 Å². The highest BCUT2D eigenvalue weighted by atomic mass is 16.5. The molecule has 5 N–H and O–H groups in total. The number of para-hydroxylation sites is 1. The number of fused-ring (bicyclic) bond motifs is 8. The van der Waals surface area contributed by atoms with E-state index >= 15 is 0 Å². The third kappa shape index (κ3) is 2.72. The Kier molecular flexibility index (Phi) is 4.67. The summed E-state index contributed by atoms with van der Waals surface area (Å²) in [7, 11) is 0. The van der Waals surface area contributed by atoms with Crippen LogP contribution in [-0.4, -0.2) is 60.8 Å². The molecule has 1 aliphatic rings. The first-order valence-corrected chi connectivity index (χ1v) is 10.8. The quantitative estimate of drug-likeness (QED) is 0.123. The van der Waals surface area contributed by atoms with E-state index in [0.29, 0.717) is 10.9 Å². The first kappa shape index (κ1) is 22.2. The second kappa shape index (κ2) is 7.58. The lowest BCUT2D eigenvalue weighted by Crippen LogP contribution is -2.56. The topological polar surface area (TPSA) is 223 Å². The number of aliphatic hydroxyl groups is 3. The van der Waals surface area contributed by atoms with Crippen molar-refractivity contribution in [2.45, 2.75) is 30.6 Å². The number of rotatable bonds is 3. The van der Waals surface area contributed by atoms with E-state index in [9.17, 15) is 34.5 Å². The number of benzene rings is 2. The molecule has 1 aliphatic heterocycles. The summed E-state index contributed by atoms with van der Waals surface area (Å²) in [5, 5.41) is 35.0. The number of H-pyrrole nitrogens is 2. The Balaban J connectivity index is 1.83. The van der Waals surface area contributed by atoms with Gasteiger partial charge in [-0.15, -0.1) is 0 Å². The molecular weight excluding hydrogens is 476 g/mol. The van der Waals surface area contributed by atoms with Gasteiger partial charge in [-0.2, -0.15) is 0 Å². The molecule has 0 aliphatic carbocycles. The lowest BCUT2D eigenvalue weighted by molar-refractivity contribution is -0.239. The van der Waals surface area contributed by atoms with E-state index in [2.05, 4.69) is 20.0 Å². The van der Waals surface area contributed by atoms with Gasteiger partial charge < -0.3 is 24.6 Å². The van der Waals surface area contributed by atoms with Gasteiger partial charge in [-0.3, -0.25) is 29.1 Å². The van der Waals surface area contributed by atoms with Gasteiger partial charge in [0.2, 0.25) is 0 Å². The maximum absolute atomic E-state index is 13.0. The molecule has 3 aromatic heterocycles. The van der Waals surface area contributed by atoms with Crippen LogP contribution in [0.3, 0.4) is 0 Å². The summed E-state index contributed by atoms with van der Waals surface area (Å²) in [5.74, 6) is 0. The molecule has 0 amide bonds. The van der Waals surface area contributed by atoms with Gasteiger partial charge in [0.1, 0.15) is 18.3 Å². The Labute approximate surface area is 196 Å². The molecule has 0 bridgehead atoms. The van der Waals surface area contributed by atoms with Gasteiger partial charge in [-0.05, 0) is 11.6 Å². The van der Waals surface area contributed by atoms with Crippen molar-refractivity contribution in [1.29, 1.82) is 0 Å². The fraction of sp³-hybridized carbons (Fsp3) is 0.273. The Hall–Kier alpha value is -4.33. The first-order valence-electron chi connectivity index (χ1n) is 10.8. The molecule has 1 fully saturated rings. The van der Waals surface area contributed by atoms with Crippen molar-refractivity contribution in [1.82, 2.24) is 14.5 Å². The standard InChI is InChI=1S/C22H16N6O8/c23-27-24-5-8-15(29)16(30)17(31)22(36-8)28-7-4-2-1-3-6(7)9-10-11(19(33)25-18(10)32)12-13(14(9)28)21(35)26-20(12)34/h1-4,8,15-17,22,29-31H,5H2,(H,25,32,33)(H,26,34,35)/t8-,15-,16+,17-,22-/m1/s1. The molecule has 182 valence electrons. The molecule has 0 unspecified atom stereocenters. The van der Waals surface area contributed by atoms with Gasteiger partial charge in [0.15, 0.2) is 6.23 Å². The van der Waals surface area contributed by atoms with Crippen LogP contribution < -0.4 is 22.2 Å². The summed E-state index contributed by atoms with van der Waals surface area (Å²) in [6.07, 6.45) is -7.75. The van der Waals surface area contributed by atoms with Gasteiger partial charge in [-0.25, -0.2) is 0 Å². The molecule has 5 aromatic rings. The molecule has 1 saturated heterocycles. The van der Waals surface area contributed by atoms with Crippen LogP contribution in [0.5, 0.6) is 0 Å². The highest BCUT2D eigenvalue weighted by Gasteiger charge is 2.45. The van der Waals surface area contributed by atoms with Crippen molar-refractivity contribution >= 4 is 43.4 Å². The zero-order valence-electron chi connectivity index (χ0n) is 18.1. The summed E-state index contributed by atoms with van der Waals surface area (Å²) in [6.45, 7) is -0.377. The summed E-state index contributed by atoms with van der Waals surface area (Å²) in [6, 6.07) is 6.54. The number of aromatic nitrogens is 3. The van der Waals surface area contributed by atoms with E-state index in [4.69, 9.17) is 10.3 Å². The number of aromatic amines is 2. The Morgan fingerprint density at radius 3 is 2.11 bits per heavy atom. The van der Waals surface area contributed by atoms with Crippen LogP contribution in [0.2, 0.25) is 0 Å². The SMILES string of the molecule is [N-]=[N+]=NC[C@H]1O[C@@H](n2c3ccccc3c3c4c(=O)[nH]c(=O)c4c4c(=O)[nH]c(=O)c4c32)[C@H](O)[C@@H](O)[C@@H]1O. The van der Waals surface area contributed by atoms with E-state index in [-0.39, 0.29) is 39.0 Å². The van der Waals surface area contributed by atoms with Crippen molar-refractivity contribution in [2.75, 3.05) is 6.54 Å². The van der Waals surface area contributed by atoms with E-state index in [1.165, 1.54) is 4.57 Å². The van der Waals surface area contributed by atoms with Crippen LogP contribution in [0.1, 0.15) is 6.23 Å². The van der Waals surface area contributed by atoms with E-state index in [1.807, 2.05) is 0 Å². The van der Waals surface area contributed by atoms with E-state index < -0.39 is 52.9 Å². The number of azide groups is 1. The molecule has 36 heavy (non-hydrogen) atoms. The second-order valence-electron chi connectivity index (χ2n) is 8.63. The van der Waals surface area contributed by atoms with Crippen molar-refractivity contribution in [3.05, 3.63) is 76.1 Å². The molecule has 14 nitrogen and oxygen atoms in total. The van der Waals surface area contributed by atoms with Gasteiger partial charge in [-0.1, -0.05) is 23.3 Å². The summed E-state index contributed by atoms with van der Waals surface area (Å²) in [5.41, 5.74) is 5.78. The Morgan fingerprint density at radius 1 is 0.861 bits per heavy atom. The Bertz CT molecular complexity index is 1970. The molecule has 2 aromatic carbocycles. The smallest absolute Gasteiger partial charge is 0.261 e. The summed E-state index contributed by atoms with van der Waals surface area (Å²) < 4.78 is 7.24. The Morgan fingerprint density at radius 2 is 1.44 bits per heavy atom. The fourth-order valence-corrected chi connectivity index (χ4v) is 5.29. The molecule has 5 atom stereocenters. The number of aliphatic hydroxyl groups excluding tert-OH is 3. The monoisotopic (exact) mass is 492 g/mol. The average molecular weight is 492 g/mol. The second-order valence-corrected chi connectivity index (χ2v) is 8.63. The molecular formula is C22H16N6O8. The van der Waals surface area contributed by atoms with Crippen molar-refractivity contribution in [2.24, 2.45) is 5.11 Å². The number of hydrogen-bond donors (Lipinski definition) is 5. The van der Waals surface area contributed by atoms with Crippen LogP contribution in [0.4, 0.5) is 0 Å². The maximum Gasteiger partial charge on any atom is 0.261 e. The predicted molar refractivity (Wildman–Crippen MR) is 127 cm³/mol. The lowest BCUT2D eigenvalue weighted by atomic mass is 9.97. The molecule has 0 saturated carbocycles. The highest BCUT2D eigenvalue weighted by Crippen LogP contribution is 2.41. The van der Waals surface area contributed by atoms with Crippen LogP contribution in [-0.2, 0) is 4.74 Å². The van der Waals surface area contributed by atoms with Crippen LogP contribution >= 0.6 is 0 Å². The zero-order chi connectivity index (χ0) is 25.5. The molecule has 0 radical (unpaired) electrons. The van der Waals surface area contributed by atoms with Gasteiger partial charge in [0.05, 0.1) is 45.2 Å². The number of ether oxygens (including phenoxy) is 1. The minimum atomic E-state index is -1.74. The van der Waals surface area contributed by atoms with Crippen molar-refractivity contribution < 1.29 is 20.1 Å². The third-order valence-electron chi connectivity index (χ3n) is 6.78. The molecule has 6 rings (SSSR count). The molecule has 0 spiro atoms. The number of nitrogens with zero attached hydrogens (tertiary/aromatic N) is 4. The average Bonchev–Trinajstić information content (AvgIpc) is 3.45. The first-order chi connectivity index (χ1) is 17.3. The molecule has 14 heteroatoms. The normalized spacial score (nSPS) is 24.7. The number of nitrogens with one attached hydrogen (secondary N) is 2. The van der Waals surface area contributed by atoms with Crippen LogP contribution in [0.25, 0.3) is 53.8 Å². The van der Waals surface area contributed by atoms with E-state index in [0.717, 1.165) is 0 Å². The summed E-state index contributed by atoms with van der Waals surface area (Å²) in [4.78, 5) is 58.2. The van der Waals surface area contributed by atoms with Crippen LogP contribution in [0, 0.1) is 0 Å². The minimum absolute atomic E-state index is 0.0216. The van der Waals surface area contributed by atoms with Crippen molar-refractivity contribution in [3.63, 3.8) is 0 Å². The summed E-state index contributed by atoms with van der Waals surface area (Å²) >= 11 is 0.